The van der Waals surface area contributed by atoms with E-state index in [2.05, 4.69) is 30.8 Å². The minimum atomic E-state index is 0.463. The summed E-state index contributed by atoms with van der Waals surface area (Å²) < 4.78 is 7.37. The van der Waals surface area contributed by atoms with Crippen molar-refractivity contribution in [1.82, 2.24) is 4.57 Å². The van der Waals surface area contributed by atoms with Crippen LogP contribution >= 0.6 is 0 Å². The van der Waals surface area contributed by atoms with Gasteiger partial charge in [-0.05, 0) is 18.1 Å². The topological polar surface area (TPSA) is 14.2 Å². The van der Waals surface area contributed by atoms with E-state index in [9.17, 15) is 0 Å². The fourth-order valence-corrected chi connectivity index (χ4v) is 1.36. The maximum absolute atomic E-state index is 5.17. The van der Waals surface area contributed by atoms with E-state index in [0.717, 1.165) is 6.61 Å². The molecule has 2 heteroatoms. The molecule has 1 heterocycles. The second kappa shape index (κ2) is 4.31. The number of hydrogen-bond acceptors (Lipinski definition) is 1. The highest BCUT2D eigenvalue weighted by molar-refractivity contribution is 4.93. The summed E-state index contributed by atoms with van der Waals surface area (Å²) in [7, 11) is 1.75. The fourth-order valence-electron chi connectivity index (χ4n) is 1.36. The first-order valence-corrected chi connectivity index (χ1v) is 4.37. The molecule has 0 aromatic carbocycles. The molecule has 0 aliphatic carbocycles. The van der Waals surface area contributed by atoms with E-state index in [0.29, 0.717) is 12.0 Å². The second-order valence-electron chi connectivity index (χ2n) is 3.40. The van der Waals surface area contributed by atoms with Gasteiger partial charge in [0.2, 0.25) is 0 Å². The predicted molar refractivity (Wildman–Crippen MR) is 50.2 cm³/mol. The van der Waals surface area contributed by atoms with Crippen LogP contribution in [0.3, 0.4) is 0 Å². The van der Waals surface area contributed by atoms with Crippen molar-refractivity contribution in [2.45, 2.75) is 19.9 Å². The van der Waals surface area contributed by atoms with Gasteiger partial charge in [0.15, 0.2) is 0 Å². The third-order valence-electron chi connectivity index (χ3n) is 2.12. The van der Waals surface area contributed by atoms with Crippen molar-refractivity contribution in [1.29, 1.82) is 0 Å². The molecule has 0 saturated heterocycles. The maximum atomic E-state index is 5.17. The van der Waals surface area contributed by atoms with Gasteiger partial charge in [-0.25, -0.2) is 0 Å². The van der Waals surface area contributed by atoms with E-state index in [1.807, 2.05) is 12.1 Å². The van der Waals surface area contributed by atoms with Crippen LogP contribution in [0.2, 0.25) is 0 Å². The van der Waals surface area contributed by atoms with E-state index in [1.165, 1.54) is 0 Å². The van der Waals surface area contributed by atoms with E-state index >= 15 is 0 Å². The summed E-state index contributed by atoms with van der Waals surface area (Å²) in [6.45, 7) is 5.21. The smallest absolute Gasteiger partial charge is 0.0672 e. The molecule has 0 radical (unpaired) electrons. The zero-order valence-corrected chi connectivity index (χ0v) is 8.03. The summed E-state index contributed by atoms with van der Waals surface area (Å²) in [5.74, 6) is 0.609. The van der Waals surface area contributed by atoms with Gasteiger partial charge in [-0.2, -0.15) is 0 Å². The Bertz CT molecular complexity index is 204. The van der Waals surface area contributed by atoms with Gasteiger partial charge in [0.1, 0.15) is 0 Å². The second-order valence-corrected chi connectivity index (χ2v) is 3.40. The van der Waals surface area contributed by atoms with Crippen molar-refractivity contribution < 1.29 is 4.74 Å². The normalized spacial score (nSPS) is 13.7. The number of ether oxygens (including phenoxy) is 1. The van der Waals surface area contributed by atoms with Gasteiger partial charge in [-0.1, -0.05) is 13.8 Å². The van der Waals surface area contributed by atoms with Crippen molar-refractivity contribution in [2.24, 2.45) is 5.92 Å². The average molecular weight is 167 g/mol. The molecule has 1 atom stereocenters. The average Bonchev–Trinajstić information content (AvgIpc) is 2.51. The highest BCUT2D eigenvalue weighted by Gasteiger charge is 2.13. The van der Waals surface area contributed by atoms with E-state index in [-0.39, 0.29) is 0 Å². The third kappa shape index (κ3) is 2.11. The van der Waals surface area contributed by atoms with Gasteiger partial charge < -0.3 is 9.30 Å². The molecule has 2 nitrogen and oxygen atoms in total. The van der Waals surface area contributed by atoms with Crippen LogP contribution in [0.15, 0.2) is 24.5 Å². The van der Waals surface area contributed by atoms with E-state index in [4.69, 9.17) is 4.74 Å². The summed E-state index contributed by atoms with van der Waals surface area (Å²) in [5, 5.41) is 0. The summed E-state index contributed by atoms with van der Waals surface area (Å²) in [5.41, 5.74) is 0. The lowest BCUT2D eigenvalue weighted by Crippen LogP contribution is -2.18. The number of nitrogens with zero attached hydrogens (tertiary/aromatic N) is 1. The summed E-state index contributed by atoms with van der Waals surface area (Å²) in [4.78, 5) is 0. The number of hydrogen-bond donors (Lipinski definition) is 0. The van der Waals surface area contributed by atoms with Gasteiger partial charge in [0.05, 0.1) is 12.6 Å². The van der Waals surface area contributed by atoms with Crippen molar-refractivity contribution in [3.63, 3.8) is 0 Å². The van der Waals surface area contributed by atoms with Crippen molar-refractivity contribution in [2.75, 3.05) is 13.7 Å². The third-order valence-corrected chi connectivity index (χ3v) is 2.12. The minimum absolute atomic E-state index is 0.463. The Balaban J connectivity index is 2.66. The Morgan fingerprint density at radius 3 is 2.25 bits per heavy atom. The molecular formula is C10H17NO. The largest absolute Gasteiger partial charge is 0.383 e. The first-order valence-electron chi connectivity index (χ1n) is 4.37. The maximum Gasteiger partial charge on any atom is 0.0672 e. The highest BCUT2D eigenvalue weighted by atomic mass is 16.5. The molecule has 12 heavy (non-hydrogen) atoms. The van der Waals surface area contributed by atoms with Gasteiger partial charge in [0, 0.05) is 19.5 Å². The van der Waals surface area contributed by atoms with Crippen LogP contribution in [0.25, 0.3) is 0 Å². The first kappa shape index (κ1) is 9.33. The lowest BCUT2D eigenvalue weighted by molar-refractivity contribution is 0.133. The Kier molecular flexibility index (Phi) is 3.35. The zero-order chi connectivity index (χ0) is 8.97. The minimum Gasteiger partial charge on any atom is -0.383 e. The molecule has 0 bridgehead atoms. The number of methoxy groups -OCH3 is 1. The number of aromatic nitrogens is 1. The molecule has 0 saturated carbocycles. The van der Waals surface area contributed by atoms with Crippen molar-refractivity contribution in [3.05, 3.63) is 24.5 Å². The summed E-state index contributed by atoms with van der Waals surface area (Å²) in [6.07, 6.45) is 4.17. The monoisotopic (exact) mass is 167 g/mol. The molecule has 1 aromatic heterocycles. The Labute approximate surface area is 74.2 Å². The van der Waals surface area contributed by atoms with Crippen LogP contribution in [-0.4, -0.2) is 18.3 Å². The standard InChI is InChI=1S/C10H17NO/c1-9(2)10(8-12-3)11-6-4-5-7-11/h4-7,9-10H,8H2,1-3H3. The molecule has 0 spiro atoms. The summed E-state index contributed by atoms with van der Waals surface area (Å²) in [6, 6.07) is 4.56. The molecular weight excluding hydrogens is 150 g/mol. The van der Waals surface area contributed by atoms with Crippen LogP contribution in [0.4, 0.5) is 0 Å². The van der Waals surface area contributed by atoms with Crippen LogP contribution in [-0.2, 0) is 4.74 Å². The quantitative estimate of drug-likeness (QED) is 0.671. The lowest BCUT2D eigenvalue weighted by atomic mass is 10.1. The Hall–Kier alpha value is -0.760. The molecule has 0 amide bonds. The van der Waals surface area contributed by atoms with Crippen LogP contribution in [0, 0.1) is 5.92 Å². The van der Waals surface area contributed by atoms with Crippen molar-refractivity contribution in [3.8, 4) is 0 Å². The summed E-state index contributed by atoms with van der Waals surface area (Å²) >= 11 is 0. The van der Waals surface area contributed by atoms with E-state index < -0.39 is 0 Å². The van der Waals surface area contributed by atoms with Crippen LogP contribution in [0.5, 0.6) is 0 Å². The number of rotatable bonds is 4. The fraction of sp³-hybridized carbons (Fsp3) is 0.600. The Morgan fingerprint density at radius 2 is 1.83 bits per heavy atom. The van der Waals surface area contributed by atoms with Gasteiger partial charge in [0.25, 0.3) is 0 Å². The highest BCUT2D eigenvalue weighted by Crippen LogP contribution is 2.17. The van der Waals surface area contributed by atoms with Gasteiger partial charge in [-0.15, -0.1) is 0 Å². The SMILES string of the molecule is COCC(C(C)C)n1cccc1. The molecule has 0 N–H and O–H groups in total. The van der Waals surface area contributed by atoms with Crippen LogP contribution in [0.1, 0.15) is 19.9 Å². The van der Waals surface area contributed by atoms with Gasteiger partial charge >= 0.3 is 0 Å². The zero-order valence-electron chi connectivity index (χ0n) is 8.03. The van der Waals surface area contributed by atoms with Crippen LogP contribution < -0.4 is 0 Å². The molecule has 68 valence electrons. The molecule has 1 rings (SSSR count). The van der Waals surface area contributed by atoms with E-state index in [1.54, 1.807) is 7.11 Å². The molecule has 1 unspecified atom stereocenters. The first-order chi connectivity index (χ1) is 5.75. The van der Waals surface area contributed by atoms with Gasteiger partial charge in [-0.3, -0.25) is 0 Å². The lowest BCUT2D eigenvalue weighted by Gasteiger charge is -2.21. The molecule has 0 fully saturated rings. The predicted octanol–water partition coefficient (Wildman–Crippen LogP) is 2.33. The molecule has 0 aliphatic heterocycles. The Morgan fingerprint density at radius 1 is 1.25 bits per heavy atom. The molecule has 0 aliphatic rings. The van der Waals surface area contributed by atoms with Crippen molar-refractivity contribution >= 4 is 0 Å². The molecule has 1 aromatic rings.